The van der Waals surface area contributed by atoms with Crippen molar-refractivity contribution in [2.24, 2.45) is 0 Å². The number of fused-ring (bicyclic) bond motifs is 1. The van der Waals surface area contributed by atoms with Gasteiger partial charge >= 0.3 is 0 Å². The minimum atomic E-state index is -0.196. The van der Waals surface area contributed by atoms with Crippen LogP contribution in [0.25, 0.3) is 5.65 Å². The molecule has 5 nitrogen and oxygen atoms in total. The lowest BCUT2D eigenvalue weighted by molar-refractivity contribution is 0.0952. The van der Waals surface area contributed by atoms with Crippen LogP contribution in [0.1, 0.15) is 44.0 Å². The Morgan fingerprint density at radius 2 is 1.80 bits per heavy atom. The fourth-order valence-electron chi connectivity index (χ4n) is 3.61. The van der Waals surface area contributed by atoms with E-state index in [9.17, 15) is 4.79 Å². The molecule has 1 amide bonds. The van der Waals surface area contributed by atoms with Crippen LogP contribution >= 0.6 is 11.6 Å². The number of hydrogen-bond donors (Lipinski definition) is 1. The van der Waals surface area contributed by atoms with Crippen LogP contribution in [-0.2, 0) is 13.0 Å². The van der Waals surface area contributed by atoms with E-state index in [0.717, 1.165) is 28.9 Å². The van der Waals surface area contributed by atoms with Crippen molar-refractivity contribution in [2.75, 3.05) is 0 Å². The highest BCUT2D eigenvalue weighted by molar-refractivity contribution is 6.30. The third kappa shape index (κ3) is 3.94. The van der Waals surface area contributed by atoms with E-state index in [1.807, 2.05) is 44.2 Å². The molecule has 0 saturated heterocycles. The van der Waals surface area contributed by atoms with E-state index in [4.69, 9.17) is 16.6 Å². The molecule has 30 heavy (non-hydrogen) atoms. The largest absolute Gasteiger partial charge is 0.348 e. The number of halogens is 1. The van der Waals surface area contributed by atoms with Crippen LogP contribution in [0, 0.1) is 20.8 Å². The Kier molecular flexibility index (Phi) is 5.55. The standard InChI is InChI=1S/C24H23ClN4O/c1-15-6-4-5-7-19(15)12-21-16(2)28-23-22(14-27-29(23)17(21)3)24(30)26-13-18-8-10-20(25)11-9-18/h4-11,14H,12-13H2,1-3H3,(H,26,30). The van der Waals surface area contributed by atoms with Crippen LogP contribution in [0.15, 0.2) is 54.7 Å². The van der Waals surface area contributed by atoms with Crippen molar-refractivity contribution in [2.45, 2.75) is 33.7 Å². The summed E-state index contributed by atoms with van der Waals surface area (Å²) in [5.74, 6) is -0.196. The lowest BCUT2D eigenvalue weighted by Crippen LogP contribution is -2.23. The van der Waals surface area contributed by atoms with Crippen molar-refractivity contribution < 1.29 is 4.79 Å². The molecule has 0 aliphatic rings. The number of benzene rings is 2. The van der Waals surface area contributed by atoms with Crippen LogP contribution in [0.3, 0.4) is 0 Å². The molecule has 4 rings (SSSR count). The second kappa shape index (κ2) is 8.28. The highest BCUT2D eigenvalue weighted by atomic mass is 35.5. The van der Waals surface area contributed by atoms with Crippen molar-refractivity contribution in [3.63, 3.8) is 0 Å². The van der Waals surface area contributed by atoms with E-state index >= 15 is 0 Å². The Bertz CT molecular complexity index is 1230. The van der Waals surface area contributed by atoms with Gasteiger partial charge in [-0.1, -0.05) is 48.0 Å². The Morgan fingerprint density at radius 3 is 2.53 bits per heavy atom. The van der Waals surface area contributed by atoms with E-state index in [-0.39, 0.29) is 5.91 Å². The maximum Gasteiger partial charge on any atom is 0.257 e. The number of rotatable bonds is 5. The highest BCUT2D eigenvalue weighted by Crippen LogP contribution is 2.22. The lowest BCUT2D eigenvalue weighted by atomic mass is 9.99. The molecule has 0 atom stereocenters. The zero-order valence-electron chi connectivity index (χ0n) is 17.2. The molecule has 0 aliphatic heterocycles. The number of nitrogens with zero attached hydrogens (tertiary/aromatic N) is 3. The van der Waals surface area contributed by atoms with Crippen molar-refractivity contribution in [1.82, 2.24) is 19.9 Å². The smallest absolute Gasteiger partial charge is 0.257 e. The molecule has 1 N–H and O–H groups in total. The van der Waals surface area contributed by atoms with Crippen molar-refractivity contribution in [1.29, 1.82) is 0 Å². The zero-order valence-corrected chi connectivity index (χ0v) is 18.0. The van der Waals surface area contributed by atoms with Gasteiger partial charge in [0, 0.05) is 29.4 Å². The van der Waals surface area contributed by atoms with Gasteiger partial charge in [-0.3, -0.25) is 4.79 Å². The molecule has 6 heteroatoms. The molecule has 0 aliphatic carbocycles. The fourth-order valence-corrected chi connectivity index (χ4v) is 3.73. The maximum absolute atomic E-state index is 12.8. The average molecular weight is 419 g/mol. The Hall–Kier alpha value is -3.18. The van der Waals surface area contributed by atoms with Gasteiger partial charge in [0.1, 0.15) is 5.56 Å². The first-order valence-corrected chi connectivity index (χ1v) is 10.2. The molecular weight excluding hydrogens is 396 g/mol. The third-order valence-electron chi connectivity index (χ3n) is 5.45. The summed E-state index contributed by atoms with van der Waals surface area (Å²) >= 11 is 5.92. The molecule has 0 fully saturated rings. The van der Waals surface area contributed by atoms with Crippen LogP contribution < -0.4 is 5.32 Å². The lowest BCUT2D eigenvalue weighted by Gasteiger charge is -2.13. The molecule has 0 radical (unpaired) electrons. The second-order valence-electron chi connectivity index (χ2n) is 7.47. The first kappa shape index (κ1) is 20.1. The summed E-state index contributed by atoms with van der Waals surface area (Å²) in [5.41, 5.74) is 7.58. The average Bonchev–Trinajstić information content (AvgIpc) is 3.15. The van der Waals surface area contributed by atoms with Gasteiger partial charge in [0.15, 0.2) is 5.65 Å². The van der Waals surface area contributed by atoms with Gasteiger partial charge < -0.3 is 5.32 Å². The maximum atomic E-state index is 12.8. The number of aryl methyl sites for hydroxylation is 3. The van der Waals surface area contributed by atoms with Crippen molar-refractivity contribution in [3.05, 3.63) is 99.0 Å². The van der Waals surface area contributed by atoms with Gasteiger partial charge in [-0.2, -0.15) is 5.10 Å². The topological polar surface area (TPSA) is 59.3 Å². The summed E-state index contributed by atoms with van der Waals surface area (Å²) in [7, 11) is 0. The van der Waals surface area contributed by atoms with Gasteiger partial charge in [0.25, 0.3) is 5.91 Å². The summed E-state index contributed by atoms with van der Waals surface area (Å²) in [6, 6.07) is 15.7. The van der Waals surface area contributed by atoms with Crippen LogP contribution in [0.5, 0.6) is 0 Å². The SMILES string of the molecule is Cc1ccccc1Cc1c(C)nc2c(C(=O)NCc3ccc(Cl)cc3)cnn2c1C. The van der Waals surface area contributed by atoms with Crippen LogP contribution in [0.4, 0.5) is 0 Å². The fraction of sp³-hybridized carbons (Fsp3) is 0.208. The molecule has 0 saturated carbocycles. The van der Waals surface area contributed by atoms with Crippen LogP contribution in [0.2, 0.25) is 5.02 Å². The van der Waals surface area contributed by atoms with Gasteiger partial charge in [-0.15, -0.1) is 0 Å². The van der Waals surface area contributed by atoms with E-state index < -0.39 is 0 Å². The Morgan fingerprint density at radius 1 is 1.07 bits per heavy atom. The molecule has 2 aromatic carbocycles. The first-order valence-electron chi connectivity index (χ1n) is 9.85. The van der Waals surface area contributed by atoms with E-state index in [1.165, 1.54) is 11.1 Å². The normalized spacial score (nSPS) is 11.1. The predicted molar refractivity (Wildman–Crippen MR) is 119 cm³/mol. The van der Waals surface area contributed by atoms with Gasteiger partial charge in [-0.25, -0.2) is 9.50 Å². The Balaban J connectivity index is 1.61. The molecule has 4 aromatic rings. The number of aromatic nitrogens is 3. The zero-order chi connectivity index (χ0) is 21.3. The number of hydrogen-bond acceptors (Lipinski definition) is 3. The summed E-state index contributed by atoms with van der Waals surface area (Å²) in [4.78, 5) is 17.5. The minimum absolute atomic E-state index is 0.196. The molecule has 0 spiro atoms. The van der Waals surface area contributed by atoms with E-state index in [0.29, 0.717) is 22.8 Å². The Labute approximate surface area is 180 Å². The second-order valence-corrected chi connectivity index (χ2v) is 7.90. The summed E-state index contributed by atoms with van der Waals surface area (Å²) in [6.45, 7) is 6.54. The van der Waals surface area contributed by atoms with Crippen molar-refractivity contribution >= 4 is 23.2 Å². The van der Waals surface area contributed by atoms with Crippen molar-refractivity contribution in [3.8, 4) is 0 Å². The molecule has 0 unspecified atom stereocenters. The number of amides is 1. The first-order chi connectivity index (χ1) is 14.4. The molecule has 2 aromatic heterocycles. The summed E-state index contributed by atoms with van der Waals surface area (Å²) < 4.78 is 1.76. The highest BCUT2D eigenvalue weighted by Gasteiger charge is 2.18. The number of carbonyl (C=O) groups excluding carboxylic acids is 1. The van der Waals surface area contributed by atoms with E-state index in [1.54, 1.807) is 10.7 Å². The molecule has 0 bridgehead atoms. The molecule has 152 valence electrons. The quantitative estimate of drug-likeness (QED) is 0.505. The van der Waals surface area contributed by atoms with Gasteiger partial charge in [0.05, 0.1) is 6.20 Å². The van der Waals surface area contributed by atoms with E-state index in [2.05, 4.69) is 35.5 Å². The predicted octanol–water partition coefficient (Wildman–Crippen LogP) is 4.83. The summed E-state index contributed by atoms with van der Waals surface area (Å²) in [6.07, 6.45) is 2.37. The van der Waals surface area contributed by atoms with Gasteiger partial charge in [-0.05, 0) is 55.2 Å². The van der Waals surface area contributed by atoms with Gasteiger partial charge in [0.2, 0.25) is 0 Å². The number of nitrogens with one attached hydrogen (secondary N) is 1. The molecular formula is C24H23ClN4O. The monoisotopic (exact) mass is 418 g/mol. The minimum Gasteiger partial charge on any atom is -0.348 e. The number of carbonyl (C=O) groups is 1. The third-order valence-corrected chi connectivity index (χ3v) is 5.70. The summed E-state index contributed by atoms with van der Waals surface area (Å²) in [5, 5.41) is 8.06. The van der Waals surface area contributed by atoms with Crippen LogP contribution in [-0.4, -0.2) is 20.5 Å². The molecule has 2 heterocycles.